The summed E-state index contributed by atoms with van der Waals surface area (Å²) in [5.74, 6) is 0.706. The van der Waals surface area contributed by atoms with Gasteiger partial charge in [-0.25, -0.2) is 0 Å². The average molecular weight is 296 g/mol. The Morgan fingerprint density at radius 1 is 1.00 bits per heavy atom. The number of hydrogen-bond acceptors (Lipinski definition) is 1. The summed E-state index contributed by atoms with van der Waals surface area (Å²) in [6.45, 7) is 14.4. The van der Waals surface area contributed by atoms with Crippen molar-refractivity contribution >= 4 is 11.6 Å². The van der Waals surface area contributed by atoms with Gasteiger partial charge in [-0.15, -0.1) is 11.6 Å². The second-order valence-electron chi connectivity index (χ2n) is 7.72. The number of benzene rings is 1. The molecule has 0 bridgehead atoms. The van der Waals surface area contributed by atoms with E-state index in [0.717, 1.165) is 13.0 Å². The molecule has 1 aromatic carbocycles. The highest BCUT2D eigenvalue weighted by Crippen LogP contribution is 2.24. The van der Waals surface area contributed by atoms with Crippen LogP contribution in [0.25, 0.3) is 0 Å². The van der Waals surface area contributed by atoms with Crippen molar-refractivity contribution in [1.29, 1.82) is 0 Å². The van der Waals surface area contributed by atoms with Crippen molar-refractivity contribution in [2.45, 2.75) is 66.0 Å². The van der Waals surface area contributed by atoms with Gasteiger partial charge in [0, 0.05) is 18.5 Å². The highest BCUT2D eigenvalue weighted by Gasteiger charge is 2.23. The Hall–Kier alpha value is -0.530. The van der Waals surface area contributed by atoms with Crippen molar-refractivity contribution < 1.29 is 0 Å². The molecule has 0 saturated carbocycles. The quantitative estimate of drug-likeness (QED) is 0.744. The molecule has 0 aliphatic carbocycles. The molecule has 0 aliphatic rings. The molecule has 0 amide bonds. The minimum Gasteiger partial charge on any atom is -0.309 e. The van der Waals surface area contributed by atoms with Gasteiger partial charge in [-0.05, 0) is 28.4 Å². The van der Waals surface area contributed by atoms with E-state index >= 15 is 0 Å². The second-order valence-corrected chi connectivity index (χ2v) is 8.10. The maximum atomic E-state index is 5.92. The van der Waals surface area contributed by atoms with Gasteiger partial charge in [-0.3, -0.25) is 0 Å². The van der Waals surface area contributed by atoms with E-state index in [1.165, 1.54) is 11.1 Å². The molecule has 1 rings (SSSR count). The molecular weight excluding hydrogens is 266 g/mol. The van der Waals surface area contributed by atoms with Gasteiger partial charge < -0.3 is 5.32 Å². The normalized spacial score (nSPS) is 14.3. The van der Waals surface area contributed by atoms with Gasteiger partial charge >= 0.3 is 0 Å². The monoisotopic (exact) mass is 295 g/mol. The van der Waals surface area contributed by atoms with E-state index in [-0.39, 0.29) is 10.8 Å². The Labute approximate surface area is 130 Å². The number of halogens is 1. The number of hydrogen-bond donors (Lipinski definition) is 1. The fourth-order valence-electron chi connectivity index (χ4n) is 2.31. The van der Waals surface area contributed by atoms with E-state index in [4.69, 9.17) is 11.6 Å². The fourth-order valence-corrected chi connectivity index (χ4v) is 2.53. The summed E-state index contributed by atoms with van der Waals surface area (Å²) in [6.07, 6.45) is 1.01. The standard InChI is InChI=1S/C18H30ClN/c1-17(2,3)15-9-7-14(8-10-15)13-20-16(11-12-19)18(4,5)6/h7-10,16,20H,11-13H2,1-6H3. The third kappa shape index (κ3) is 5.46. The molecule has 20 heavy (non-hydrogen) atoms. The zero-order chi connectivity index (χ0) is 15.4. The lowest BCUT2D eigenvalue weighted by molar-refractivity contribution is 0.260. The van der Waals surface area contributed by atoms with Gasteiger partial charge in [0.15, 0.2) is 0 Å². The molecule has 1 atom stereocenters. The molecule has 1 aromatic rings. The lowest BCUT2D eigenvalue weighted by atomic mass is 9.85. The molecule has 0 fully saturated rings. The zero-order valence-electron chi connectivity index (χ0n) is 13.9. The summed E-state index contributed by atoms with van der Waals surface area (Å²) in [4.78, 5) is 0. The minimum atomic E-state index is 0.221. The van der Waals surface area contributed by atoms with Crippen LogP contribution in [0, 0.1) is 5.41 Å². The van der Waals surface area contributed by atoms with Crippen LogP contribution in [-0.4, -0.2) is 11.9 Å². The van der Waals surface area contributed by atoms with Crippen LogP contribution in [0.4, 0.5) is 0 Å². The van der Waals surface area contributed by atoms with Gasteiger partial charge in [0.05, 0.1) is 0 Å². The average Bonchev–Trinajstić information content (AvgIpc) is 2.32. The maximum Gasteiger partial charge on any atom is 0.0238 e. The van der Waals surface area contributed by atoms with Crippen molar-refractivity contribution in [1.82, 2.24) is 5.32 Å². The van der Waals surface area contributed by atoms with E-state index in [1.54, 1.807) is 0 Å². The molecule has 0 aliphatic heterocycles. The predicted molar refractivity (Wildman–Crippen MR) is 90.6 cm³/mol. The van der Waals surface area contributed by atoms with Crippen molar-refractivity contribution in [2.24, 2.45) is 5.41 Å². The van der Waals surface area contributed by atoms with Crippen LogP contribution in [-0.2, 0) is 12.0 Å². The summed E-state index contributed by atoms with van der Waals surface area (Å²) in [7, 11) is 0. The van der Waals surface area contributed by atoms with Gasteiger partial charge in [0.25, 0.3) is 0 Å². The Morgan fingerprint density at radius 3 is 1.95 bits per heavy atom. The number of alkyl halides is 1. The molecular formula is C18H30ClN. The molecule has 1 N–H and O–H groups in total. The van der Waals surface area contributed by atoms with E-state index in [9.17, 15) is 0 Å². The Morgan fingerprint density at radius 2 is 1.55 bits per heavy atom. The topological polar surface area (TPSA) is 12.0 Å². The Bertz CT molecular complexity index is 395. The molecule has 0 radical (unpaired) electrons. The first-order chi connectivity index (χ1) is 9.14. The van der Waals surface area contributed by atoms with Gasteiger partial charge in [-0.2, -0.15) is 0 Å². The lowest BCUT2D eigenvalue weighted by Gasteiger charge is -2.31. The SMILES string of the molecule is CC(C)(C)c1ccc(CNC(CCCl)C(C)(C)C)cc1. The first kappa shape index (κ1) is 17.5. The summed E-state index contributed by atoms with van der Waals surface area (Å²) < 4.78 is 0. The van der Waals surface area contributed by atoms with Crippen LogP contribution in [0.5, 0.6) is 0 Å². The number of nitrogens with one attached hydrogen (secondary N) is 1. The largest absolute Gasteiger partial charge is 0.309 e. The van der Waals surface area contributed by atoms with Gasteiger partial charge in [-0.1, -0.05) is 65.8 Å². The van der Waals surface area contributed by atoms with Crippen LogP contribution in [0.3, 0.4) is 0 Å². The summed E-state index contributed by atoms with van der Waals surface area (Å²) >= 11 is 5.92. The molecule has 0 saturated heterocycles. The highest BCUT2D eigenvalue weighted by molar-refractivity contribution is 6.17. The van der Waals surface area contributed by atoms with Crippen LogP contribution < -0.4 is 5.32 Å². The third-order valence-electron chi connectivity index (χ3n) is 3.82. The summed E-state index contributed by atoms with van der Waals surface area (Å²) in [5.41, 5.74) is 3.18. The van der Waals surface area contributed by atoms with Crippen molar-refractivity contribution in [3.8, 4) is 0 Å². The number of rotatable bonds is 5. The first-order valence-electron chi connectivity index (χ1n) is 7.53. The van der Waals surface area contributed by atoms with Crippen LogP contribution in [0.1, 0.15) is 59.1 Å². The predicted octanol–water partition coefficient (Wildman–Crippen LogP) is 5.12. The van der Waals surface area contributed by atoms with Gasteiger partial charge in [0.2, 0.25) is 0 Å². The second kappa shape index (κ2) is 6.95. The van der Waals surface area contributed by atoms with E-state index in [2.05, 4.69) is 71.1 Å². The van der Waals surface area contributed by atoms with E-state index < -0.39 is 0 Å². The lowest BCUT2D eigenvalue weighted by Crippen LogP contribution is -2.40. The van der Waals surface area contributed by atoms with E-state index in [1.807, 2.05) is 0 Å². The molecule has 0 heterocycles. The van der Waals surface area contributed by atoms with Crippen LogP contribution >= 0.6 is 11.6 Å². The first-order valence-corrected chi connectivity index (χ1v) is 8.07. The molecule has 2 heteroatoms. The van der Waals surface area contributed by atoms with Gasteiger partial charge in [0.1, 0.15) is 0 Å². The van der Waals surface area contributed by atoms with Crippen LogP contribution in [0.2, 0.25) is 0 Å². The molecule has 1 unspecified atom stereocenters. The zero-order valence-corrected chi connectivity index (χ0v) is 14.6. The summed E-state index contributed by atoms with van der Waals surface area (Å²) in [6, 6.07) is 9.39. The van der Waals surface area contributed by atoms with Crippen LogP contribution in [0.15, 0.2) is 24.3 Å². The smallest absolute Gasteiger partial charge is 0.0238 e. The third-order valence-corrected chi connectivity index (χ3v) is 4.03. The molecule has 0 aromatic heterocycles. The maximum absolute atomic E-state index is 5.92. The van der Waals surface area contributed by atoms with E-state index in [0.29, 0.717) is 11.9 Å². The van der Waals surface area contributed by atoms with Crippen molar-refractivity contribution in [2.75, 3.05) is 5.88 Å². The fraction of sp³-hybridized carbons (Fsp3) is 0.667. The van der Waals surface area contributed by atoms with Crippen molar-refractivity contribution in [3.05, 3.63) is 35.4 Å². The summed E-state index contributed by atoms with van der Waals surface area (Å²) in [5, 5.41) is 3.65. The molecule has 0 spiro atoms. The highest BCUT2D eigenvalue weighted by atomic mass is 35.5. The minimum absolute atomic E-state index is 0.221. The van der Waals surface area contributed by atoms with Crippen molar-refractivity contribution in [3.63, 3.8) is 0 Å². The Balaban J connectivity index is 2.65. The Kier molecular flexibility index (Phi) is 6.09. The molecule has 1 nitrogen and oxygen atoms in total. The molecule has 114 valence electrons.